The number of unbranched alkanes of at least 4 members (excludes halogenated alkanes) is 16. The van der Waals surface area contributed by atoms with E-state index in [0.717, 1.165) is 24.8 Å². The molecule has 37 heavy (non-hydrogen) atoms. The van der Waals surface area contributed by atoms with Crippen LogP contribution in [0.4, 0.5) is 0 Å². The van der Waals surface area contributed by atoms with Crippen molar-refractivity contribution in [3.05, 3.63) is 35.9 Å². The molecule has 1 rings (SSSR count). The molecule has 3 heteroatoms. The van der Waals surface area contributed by atoms with Crippen molar-refractivity contribution in [3.8, 4) is 0 Å². The van der Waals surface area contributed by atoms with Crippen LogP contribution in [-0.4, -0.2) is 11.8 Å². The van der Waals surface area contributed by atoms with Crippen molar-refractivity contribution >= 4 is 11.8 Å². The summed E-state index contributed by atoms with van der Waals surface area (Å²) < 4.78 is 5.45. The van der Waals surface area contributed by atoms with Gasteiger partial charge in [0.1, 0.15) is 12.4 Å². The van der Waals surface area contributed by atoms with E-state index in [9.17, 15) is 9.59 Å². The molecule has 0 amide bonds. The van der Waals surface area contributed by atoms with E-state index < -0.39 is 0 Å². The second-order valence-corrected chi connectivity index (χ2v) is 11.2. The molecule has 0 radical (unpaired) electrons. The predicted octanol–water partition coefficient (Wildman–Crippen LogP) is 10.4. The topological polar surface area (TPSA) is 43.4 Å². The van der Waals surface area contributed by atoms with E-state index in [0.29, 0.717) is 6.42 Å². The molecule has 0 bridgehead atoms. The van der Waals surface area contributed by atoms with Crippen molar-refractivity contribution in [1.82, 2.24) is 0 Å². The molecule has 0 saturated carbocycles. The first-order valence-electron chi connectivity index (χ1n) is 15.8. The van der Waals surface area contributed by atoms with Crippen molar-refractivity contribution < 1.29 is 14.3 Å². The third-order valence-electron chi connectivity index (χ3n) is 7.90. The molecule has 0 heterocycles. The molecule has 0 aromatic heterocycles. The first-order valence-corrected chi connectivity index (χ1v) is 15.8. The maximum absolute atomic E-state index is 12.9. The number of carbonyl (C=O) groups is 2. The first-order chi connectivity index (χ1) is 18.1. The van der Waals surface area contributed by atoms with Gasteiger partial charge in [0.05, 0.1) is 6.42 Å². The van der Waals surface area contributed by atoms with Crippen LogP contribution in [0.3, 0.4) is 0 Å². The summed E-state index contributed by atoms with van der Waals surface area (Å²) in [6.07, 6.45) is 24.5. The fourth-order valence-electron chi connectivity index (χ4n) is 5.10. The smallest absolute Gasteiger partial charge is 0.306 e. The van der Waals surface area contributed by atoms with Crippen LogP contribution in [0, 0.1) is 11.8 Å². The monoisotopic (exact) mass is 514 g/mol. The highest BCUT2D eigenvalue weighted by atomic mass is 16.5. The number of ketones is 1. The molecule has 212 valence electrons. The second-order valence-electron chi connectivity index (χ2n) is 11.2. The van der Waals surface area contributed by atoms with Crippen molar-refractivity contribution in [3.63, 3.8) is 0 Å². The molecule has 1 aromatic carbocycles. The van der Waals surface area contributed by atoms with Gasteiger partial charge in [0, 0.05) is 12.3 Å². The quantitative estimate of drug-likeness (QED) is 0.0962. The van der Waals surface area contributed by atoms with Gasteiger partial charge in [-0.05, 0) is 17.9 Å². The number of rotatable bonds is 25. The molecule has 0 saturated heterocycles. The highest BCUT2D eigenvalue weighted by Gasteiger charge is 2.26. The van der Waals surface area contributed by atoms with E-state index in [1.54, 1.807) is 0 Å². The Bertz CT molecular complexity index is 669. The fraction of sp³-hybridized carbons (Fsp3) is 0.765. The summed E-state index contributed by atoms with van der Waals surface area (Å²) >= 11 is 0. The number of Topliss-reactive ketones (excluding diaryl/α,β-unsaturated/α-hetero) is 1. The van der Waals surface area contributed by atoms with Gasteiger partial charge in [0.15, 0.2) is 0 Å². The SMILES string of the molecule is CCCCCCCCCCCCCCCCCCCC(=O)C(CC(=O)OCc1ccccc1)C(C)CC. The van der Waals surface area contributed by atoms with Gasteiger partial charge >= 0.3 is 5.97 Å². The largest absolute Gasteiger partial charge is 0.461 e. The average molecular weight is 515 g/mol. The summed E-state index contributed by atoms with van der Waals surface area (Å²) in [6.45, 7) is 6.74. The minimum Gasteiger partial charge on any atom is -0.461 e. The van der Waals surface area contributed by atoms with Gasteiger partial charge in [-0.15, -0.1) is 0 Å². The fourth-order valence-corrected chi connectivity index (χ4v) is 5.10. The van der Waals surface area contributed by atoms with Gasteiger partial charge < -0.3 is 4.74 Å². The Balaban J connectivity index is 2.04. The normalized spacial score (nSPS) is 12.8. The number of esters is 1. The Morgan fingerprint density at radius 3 is 1.59 bits per heavy atom. The molecule has 0 aliphatic rings. The van der Waals surface area contributed by atoms with E-state index in [2.05, 4.69) is 20.8 Å². The Hall–Kier alpha value is -1.64. The van der Waals surface area contributed by atoms with Crippen LogP contribution >= 0.6 is 0 Å². The molecule has 2 atom stereocenters. The van der Waals surface area contributed by atoms with Gasteiger partial charge in [-0.3, -0.25) is 9.59 Å². The zero-order chi connectivity index (χ0) is 27.0. The van der Waals surface area contributed by atoms with Gasteiger partial charge in [-0.2, -0.15) is 0 Å². The molecule has 0 fully saturated rings. The Labute approximate surface area is 229 Å². The van der Waals surface area contributed by atoms with E-state index in [4.69, 9.17) is 4.74 Å². The highest BCUT2D eigenvalue weighted by Crippen LogP contribution is 2.24. The van der Waals surface area contributed by atoms with E-state index >= 15 is 0 Å². The lowest BCUT2D eigenvalue weighted by molar-refractivity contribution is -0.148. The number of ether oxygens (including phenoxy) is 1. The number of hydrogen-bond donors (Lipinski definition) is 0. The first kappa shape index (κ1) is 33.4. The minimum atomic E-state index is -0.259. The number of benzene rings is 1. The van der Waals surface area contributed by atoms with Crippen molar-refractivity contribution in [2.24, 2.45) is 11.8 Å². The summed E-state index contributed by atoms with van der Waals surface area (Å²) in [5.41, 5.74) is 0.978. The predicted molar refractivity (Wildman–Crippen MR) is 158 cm³/mol. The Morgan fingerprint density at radius 2 is 1.14 bits per heavy atom. The van der Waals surface area contributed by atoms with Crippen molar-refractivity contribution in [2.75, 3.05) is 0 Å². The molecular formula is C34H58O3. The maximum Gasteiger partial charge on any atom is 0.306 e. The average Bonchev–Trinajstić information content (AvgIpc) is 2.92. The Kier molecular flexibility index (Phi) is 21.2. The van der Waals surface area contributed by atoms with Crippen LogP contribution in [0.15, 0.2) is 30.3 Å². The van der Waals surface area contributed by atoms with Crippen LogP contribution in [0.2, 0.25) is 0 Å². The maximum atomic E-state index is 12.9. The molecule has 1 aromatic rings. The van der Waals surface area contributed by atoms with Gasteiger partial charge in [-0.25, -0.2) is 0 Å². The molecule has 0 spiro atoms. The van der Waals surface area contributed by atoms with Gasteiger partial charge in [0.2, 0.25) is 0 Å². The van der Waals surface area contributed by atoms with Crippen LogP contribution in [0.5, 0.6) is 0 Å². The molecule has 0 N–H and O–H groups in total. The lowest BCUT2D eigenvalue weighted by Gasteiger charge is -2.21. The summed E-state index contributed by atoms with van der Waals surface area (Å²) in [5, 5.41) is 0. The molecular weight excluding hydrogens is 456 g/mol. The zero-order valence-electron chi connectivity index (χ0n) is 24.6. The lowest BCUT2D eigenvalue weighted by atomic mass is 9.83. The molecule has 3 nitrogen and oxygen atoms in total. The number of carbonyl (C=O) groups excluding carboxylic acids is 2. The van der Waals surface area contributed by atoms with Gasteiger partial charge in [-0.1, -0.05) is 160 Å². The molecule has 0 aliphatic carbocycles. The standard InChI is InChI=1S/C34H58O3/c1-4-6-7-8-9-10-11-12-13-14-15-16-17-18-19-20-24-27-33(35)32(30(3)5-2)28-34(36)37-29-31-25-22-21-23-26-31/h21-23,25-26,30,32H,4-20,24,27-29H2,1-3H3. The third kappa shape index (κ3) is 18.3. The number of hydrogen-bond acceptors (Lipinski definition) is 3. The lowest BCUT2D eigenvalue weighted by Crippen LogP contribution is -2.25. The summed E-state index contributed by atoms with van der Waals surface area (Å²) in [4.78, 5) is 25.3. The van der Waals surface area contributed by atoms with Crippen LogP contribution in [-0.2, 0) is 20.9 Å². The van der Waals surface area contributed by atoms with Crippen LogP contribution in [0.25, 0.3) is 0 Å². The minimum absolute atomic E-state index is 0.208. The molecule has 2 unspecified atom stereocenters. The van der Waals surface area contributed by atoms with Gasteiger partial charge in [0.25, 0.3) is 0 Å². The van der Waals surface area contributed by atoms with Crippen LogP contribution < -0.4 is 0 Å². The van der Waals surface area contributed by atoms with E-state index in [1.807, 2.05) is 30.3 Å². The summed E-state index contributed by atoms with van der Waals surface area (Å²) in [7, 11) is 0. The highest BCUT2D eigenvalue weighted by molar-refractivity contribution is 5.85. The summed E-state index contributed by atoms with van der Waals surface area (Å²) in [6, 6.07) is 9.72. The summed E-state index contributed by atoms with van der Waals surface area (Å²) in [5.74, 6) is -0.0196. The van der Waals surface area contributed by atoms with Crippen LogP contribution in [0.1, 0.15) is 155 Å². The zero-order valence-corrected chi connectivity index (χ0v) is 24.6. The second kappa shape index (κ2) is 23.5. The third-order valence-corrected chi connectivity index (χ3v) is 7.90. The van der Waals surface area contributed by atoms with E-state index in [1.165, 1.54) is 96.3 Å². The van der Waals surface area contributed by atoms with E-state index in [-0.39, 0.29) is 36.6 Å². The molecule has 0 aliphatic heterocycles. The van der Waals surface area contributed by atoms with Crippen molar-refractivity contribution in [1.29, 1.82) is 0 Å². The Morgan fingerprint density at radius 1 is 0.676 bits per heavy atom. The van der Waals surface area contributed by atoms with Crippen molar-refractivity contribution in [2.45, 2.75) is 156 Å².